The Bertz CT molecular complexity index is 355. The number of carbonyl (C=O) groups excluding carboxylic acids is 1. The van der Waals surface area contributed by atoms with Crippen molar-refractivity contribution in [1.29, 1.82) is 0 Å². The first-order valence-electron chi connectivity index (χ1n) is 5.30. The van der Waals surface area contributed by atoms with Gasteiger partial charge in [0, 0.05) is 11.1 Å². The van der Waals surface area contributed by atoms with Gasteiger partial charge < -0.3 is 10.5 Å². The van der Waals surface area contributed by atoms with Crippen LogP contribution in [0.5, 0.6) is 0 Å². The van der Waals surface area contributed by atoms with E-state index in [1.807, 2.05) is 19.1 Å². The molecule has 0 saturated heterocycles. The van der Waals surface area contributed by atoms with Gasteiger partial charge in [0.2, 0.25) is 0 Å². The van der Waals surface area contributed by atoms with Gasteiger partial charge in [0.25, 0.3) is 0 Å². The van der Waals surface area contributed by atoms with E-state index in [1.54, 1.807) is 12.1 Å². The van der Waals surface area contributed by atoms with E-state index < -0.39 is 0 Å². The molecular formula is C12H16ClNO2. The predicted molar refractivity (Wildman–Crippen MR) is 64.2 cm³/mol. The third kappa shape index (κ3) is 4.21. The van der Waals surface area contributed by atoms with E-state index >= 15 is 0 Å². The van der Waals surface area contributed by atoms with Gasteiger partial charge in [0.05, 0.1) is 13.0 Å². The average Bonchev–Trinajstić information content (AvgIpc) is 2.26. The number of benzene rings is 1. The maximum Gasteiger partial charge on any atom is 0.307 e. The Morgan fingerprint density at radius 3 is 2.94 bits per heavy atom. The van der Waals surface area contributed by atoms with Crippen LogP contribution in [0.4, 0.5) is 0 Å². The summed E-state index contributed by atoms with van der Waals surface area (Å²) in [7, 11) is 0. The molecule has 0 aliphatic carbocycles. The fourth-order valence-electron chi connectivity index (χ4n) is 1.31. The van der Waals surface area contributed by atoms with Crippen molar-refractivity contribution in [2.75, 3.05) is 6.61 Å². The first-order valence-corrected chi connectivity index (χ1v) is 5.68. The summed E-state index contributed by atoms with van der Waals surface area (Å²) in [6, 6.07) is 6.84. The first kappa shape index (κ1) is 13.0. The molecule has 88 valence electrons. The third-order valence-corrected chi connectivity index (χ3v) is 2.37. The van der Waals surface area contributed by atoms with Gasteiger partial charge >= 0.3 is 5.97 Å². The molecule has 0 aliphatic heterocycles. The molecule has 0 saturated carbocycles. The largest absolute Gasteiger partial charge is 0.466 e. The Morgan fingerprint density at radius 2 is 2.31 bits per heavy atom. The summed E-state index contributed by atoms with van der Waals surface area (Å²) < 4.78 is 4.96. The molecule has 0 amide bonds. The highest BCUT2D eigenvalue weighted by Crippen LogP contribution is 2.18. The molecule has 0 spiro atoms. The summed E-state index contributed by atoms with van der Waals surface area (Å²) in [6.07, 6.45) is 0.998. The fourth-order valence-corrected chi connectivity index (χ4v) is 1.51. The van der Waals surface area contributed by atoms with Crippen molar-refractivity contribution in [1.82, 2.24) is 0 Å². The maximum absolute atomic E-state index is 11.3. The van der Waals surface area contributed by atoms with Crippen molar-refractivity contribution in [3.05, 3.63) is 34.9 Å². The molecular weight excluding hydrogens is 226 g/mol. The Balaban J connectivity index is 2.52. The fraction of sp³-hybridized carbons (Fsp3) is 0.417. The lowest BCUT2D eigenvalue weighted by atomic mass is 10.1. The summed E-state index contributed by atoms with van der Waals surface area (Å²) in [5.41, 5.74) is 6.73. The van der Waals surface area contributed by atoms with Crippen LogP contribution in [0.1, 0.15) is 31.4 Å². The van der Waals surface area contributed by atoms with Crippen molar-refractivity contribution in [3.63, 3.8) is 0 Å². The van der Waals surface area contributed by atoms with Gasteiger partial charge in [-0.1, -0.05) is 30.7 Å². The zero-order chi connectivity index (χ0) is 12.0. The zero-order valence-electron chi connectivity index (χ0n) is 9.28. The number of hydrogen-bond donors (Lipinski definition) is 1. The molecule has 1 aromatic carbocycles. The summed E-state index contributed by atoms with van der Waals surface area (Å²) in [4.78, 5) is 11.3. The van der Waals surface area contributed by atoms with Gasteiger partial charge in [-0.25, -0.2) is 0 Å². The molecule has 0 aliphatic rings. The molecule has 0 aromatic heterocycles. The molecule has 4 heteroatoms. The second-order valence-electron chi connectivity index (χ2n) is 3.59. The van der Waals surface area contributed by atoms with Crippen molar-refractivity contribution in [2.24, 2.45) is 5.73 Å². The Hall–Kier alpha value is -1.06. The minimum absolute atomic E-state index is 0.181. The van der Waals surface area contributed by atoms with Crippen molar-refractivity contribution in [3.8, 4) is 0 Å². The van der Waals surface area contributed by atoms with Crippen LogP contribution in [0, 0.1) is 0 Å². The van der Waals surface area contributed by atoms with Crippen LogP contribution in [0.3, 0.4) is 0 Å². The van der Waals surface area contributed by atoms with Gasteiger partial charge in [-0.3, -0.25) is 4.79 Å². The number of halogens is 1. The van der Waals surface area contributed by atoms with Crippen LogP contribution < -0.4 is 5.73 Å². The molecule has 0 bridgehead atoms. The Morgan fingerprint density at radius 1 is 1.56 bits per heavy atom. The van der Waals surface area contributed by atoms with Crippen LogP contribution in [-0.2, 0) is 9.53 Å². The van der Waals surface area contributed by atoms with Crippen LogP contribution in [0.25, 0.3) is 0 Å². The lowest BCUT2D eigenvalue weighted by Gasteiger charge is -2.11. The molecule has 1 rings (SSSR count). The van der Waals surface area contributed by atoms with Crippen molar-refractivity contribution in [2.45, 2.75) is 25.8 Å². The average molecular weight is 242 g/mol. The van der Waals surface area contributed by atoms with E-state index in [0.717, 1.165) is 12.0 Å². The standard InChI is InChI=1S/C12H16ClNO2/c1-2-6-16-12(15)8-11(14)9-4-3-5-10(13)7-9/h3-5,7,11H,2,6,8,14H2,1H3. The maximum atomic E-state index is 11.3. The van der Waals surface area contributed by atoms with E-state index in [4.69, 9.17) is 22.1 Å². The van der Waals surface area contributed by atoms with E-state index in [-0.39, 0.29) is 18.4 Å². The molecule has 0 heterocycles. The highest BCUT2D eigenvalue weighted by molar-refractivity contribution is 6.30. The minimum atomic E-state index is -0.358. The van der Waals surface area contributed by atoms with Crippen LogP contribution in [0.2, 0.25) is 5.02 Å². The first-order chi connectivity index (χ1) is 7.63. The number of rotatable bonds is 5. The van der Waals surface area contributed by atoms with E-state index in [2.05, 4.69) is 0 Å². The molecule has 3 nitrogen and oxygen atoms in total. The highest BCUT2D eigenvalue weighted by Gasteiger charge is 2.12. The number of nitrogens with two attached hydrogens (primary N) is 1. The summed E-state index contributed by atoms with van der Waals surface area (Å²) >= 11 is 5.84. The lowest BCUT2D eigenvalue weighted by Crippen LogP contribution is -2.17. The normalized spacial score (nSPS) is 12.2. The molecule has 1 unspecified atom stereocenters. The van der Waals surface area contributed by atoms with E-state index in [9.17, 15) is 4.79 Å². The van der Waals surface area contributed by atoms with E-state index in [0.29, 0.717) is 11.6 Å². The molecule has 0 fully saturated rings. The number of ether oxygens (including phenoxy) is 1. The summed E-state index contributed by atoms with van der Waals surface area (Å²) in [5, 5.41) is 0.620. The van der Waals surface area contributed by atoms with Gasteiger partial charge in [-0.15, -0.1) is 0 Å². The number of esters is 1. The zero-order valence-corrected chi connectivity index (χ0v) is 10.0. The summed E-state index contributed by atoms with van der Waals surface area (Å²) in [5.74, 6) is -0.269. The second-order valence-corrected chi connectivity index (χ2v) is 4.02. The van der Waals surface area contributed by atoms with Crippen LogP contribution in [0.15, 0.2) is 24.3 Å². The minimum Gasteiger partial charge on any atom is -0.466 e. The van der Waals surface area contributed by atoms with Crippen molar-refractivity contribution >= 4 is 17.6 Å². The monoisotopic (exact) mass is 241 g/mol. The Labute approximate surface area is 101 Å². The Kier molecular flexibility index (Phi) is 5.29. The quantitative estimate of drug-likeness (QED) is 0.807. The highest BCUT2D eigenvalue weighted by atomic mass is 35.5. The van der Waals surface area contributed by atoms with Crippen LogP contribution in [-0.4, -0.2) is 12.6 Å². The van der Waals surface area contributed by atoms with Gasteiger partial charge in [0.1, 0.15) is 0 Å². The number of hydrogen-bond acceptors (Lipinski definition) is 3. The summed E-state index contributed by atoms with van der Waals surface area (Å²) in [6.45, 7) is 2.39. The van der Waals surface area contributed by atoms with Crippen LogP contribution >= 0.6 is 11.6 Å². The number of carbonyl (C=O) groups is 1. The molecule has 16 heavy (non-hydrogen) atoms. The van der Waals surface area contributed by atoms with Gasteiger partial charge in [-0.2, -0.15) is 0 Å². The molecule has 1 atom stereocenters. The topological polar surface area (TPSA) is 52.3 Å². The molecule has 1 aromatic rings. The molecule has 0 radical (unpaired) electrons. The predicted octanol–water partition coefficient (Wildman–Crippen LogP) is 2.68. The third-order valence-electron chi connectivity index (χ3n) is 2.13. The van der Waals surface area contributed by atoms with Gasteiger partial charge in [-0.05, 0) is 24.1 Å². The smallest absolute Gasteiger partial charge is 0.307 e. The van der Waals surface area contributed by atoms with Crippen molar-refractivity contribution < 1.29 is 9.53 Å². The SMILES string of the molecule is CCCOC(=O)CC(N)c1cccc(Cl)c1. The van der Waals surface area contributed by atoms with Gasteiger partial charge in [0.15, 0.2) is 0 Å². The molecule has 2 N–H and O–H groups in total. The second kappa shape index (κ2) is 6.51. The lowest BCUT2D eigenvalue weighted by molar-refractivity contribution is -0.144. The van der Waals surface area contributed by atoms with E-state index in [1.165, 1.54) is 0 Å².